The number of hydrogen-bond acceptors (Lipinski definition) is 2. The van der Waals surface area contributed by atoms with Crippen LogP contribution in [0.25, 0.3) is 0 Å². The Morgan fingerprint density at radius 1 is 1.11 bits per heavy atom. The summed E-state index contributed by atoms with van der Waals surface area (Å²) in [7, 11) is 1.51. The summed E-state index contributed by atoms with van der Waals surface area (Å²) in [6, 6.07) is 8.72. The molecule has 0 fully saturated rings. The maximum Gasteiger partial charge on any atom is 0.146 e. The van der Waals surface area contributed by atoms with E-state index in [9.17, 15) is 13.9 Å². The van der Waals surface area contributed by atoms with Crippen LogP contribution in [0.2, 0.25) is 0 Å². The van der Waals surface area contributed by atoms with Gasteiger partial charge in [0.2, 0.25) is 0 Å². The predicted molar refractivity (Wildman–Crippen MR) is 71.1 cm³/mol. The Balaban J connectivity index is 2.43. The number of benzene rings is 2. The van der Waals surface area contributed by atoms with E-state index in [1.54, 1.807) is 24.3 Å². The fourth-order valence-corrected chi connectivity index (χ4v) is 2.09. The van der Waals surface area contributed by atoms with Crippen LogP contribution in [0.5, 0.6) is 5.75 Å². The summed E-state index contributed by atoms with van der Waals surface area (Å²) < 4.78 is 32.6. The van der Waals surface area contributed by atoms with Gasteiger partial charge in [-0.05, 0) is 45.8 Å². The standard InChI is InChI=1S/C14H11BrF2O2/c1-19-9-4-2-8(3-5-9)14(18)12-11(16)7-6-10(15)13(12)17/h2-7,14,18H,1H3. The Labute approximate surface area is 117 Å². The molecule has 0 radical (unpaired) electrons. The summed E-state index contributed by atoms with van der Waals surface area (Å²) in [6.45, 7) is 0. The molecular formula is C14H11BrF2O2. The van der Waals surface area contributed by atoms with Gasteiger partial charge in [0.15, 0.2) is 0 Å². The van der Waals surface area contributed by atoms with Gasteiger partial charge >= 0.3 is 0 Å². The minimum atomic E-state index is -1.37. The highest BCUT2D eigenvalue weighted by molar-refractivity contribution is 9.10. The zero-order valence-electron chi connectivity index (χ0n) is 10.0. The molecule has 0 amide bonds. The van der Waals surface area contributed by atoms with Gasteiger partial charge in [-0.25, -0.2) is 8.78 Å². The Hall–Kier alpha value is -1.46. The number of halogens is 3. The van der Waals surface area contributed by atoms with E-state index in [0.717, 1.165) is 6.07 Å². The third-order valence-corrected chi connectivity index (χ3v) is 3.40. The molecule has 0 saturated carbocycles. The van der Waals surface area contributed by atoms with Crippen molar-refractivity contribution >= 4 is 15.9 Å². The molecule has 0 aromatic heterocycles. The smallest absolute Gasteiger partial charge is 0.146 e. The molecule has 1 unspecified atom stereocenters. The Morgan fingerprint density at radius 3 is 2.32 bits per heavy atom. The highest BCUT2D eigenvalue weighted by atomic mass is 79.9. The molecule has 2 aromatic carbocycles. The second-order valence-electron chi connectivity index (χ2n) is 3.93. The van der Waals surface area contributed by atoms with Gasteiger partial charge in [0.1, 0.15) is 23.5 Å². The summed E-state index contributed by atoms with van der Waals surface area (Å²) in [4.78, 5) is 0. The van der Waals surface area contributed by atoms with Crippen molar-refractivity contribution in [3.63, 3.8) is 0 Å². The first-order valence-corrected chi connectivity index (χ1v) is 6.29. The minimum absolute atomic E-state index is 0.108. The molecule has 0 spiro atoms. The van der Waals surface area contributed by atoms with Crippen molar-refractivity contribution in [3.8, 4) is 5.75 Å². The molecule has 100 valence electrons. The Morgan fingerprint density at radius 2 is 1.74 bits per heavy atom. The molecule has 0 saturated heterocycles. The normalized spacial score (nSPS) is 12.3. The van der Waals surface area contributed by atoms with E-state index in [-0.39, 0.29) is 10.0 Å². The molecule has 1 N–H and O–H groups in total. The lowest BCUT2D eigenvalue weighted by molar-refractivity contribution is 0.208. The molecular weight excluding hydrogens is 318 g/mol. The number of hydrogen-bond donors (Lipinski definition) is 1. The average Bonchev–Trinajstić information content (AvgIpc) is 2.43. The third kappa shape index (κ3) is 2.77. The van der Waals surface area contributed by atoms with Gasteiger partial charge in [-0.1, -0.05) is 12.1 Å². The SMILES string of the molecule is COc1ccc(C(O)c2c(F)ccc(Br)c2F)cc1. The second kappa shape index (κ2) is 5.67. The Bertz CT molecular complexity index is 585. The average molecular weight is 329 g/mol. The zero-order valence-corrected chi connectivity index (χ0v) is 11.6. The number of rotatable bonds is 3. The van der Waals surface area contributed by atoms with Crippen molar-refractivity contribution in [1.82, 2.24) is 0 Å². The second-order valence-corrected chi connectivity index (χ2v) is 4.79. The fourth-order valence-electron chi connectivity index (χ4n) is 1.75. The maximum absolute atomic E-state index is 13.9. The van der Waals surface area contributed by atoms with E-state index in [1.165, 1.54) is 13.2 Å². The van der Waals surface area contributed by atoms with E-state index in [1.807, 2.05) is 0 Å². The topological polar surface area (TPSA) is 29.5 Å². The summed E-state index contributed by atoms with van der Waals surface area (Å²) in [5, 5.41) is 10.1. The van der Waals surface area contributed by atoms with Crippen molar-refractivity contribution in [2.75, 3.05) is 7.11 Å². The van der Waals surface area contributed by atoms with Crippen LogP contribution in [0.1, 0.15) is 17.2 Å². The van der Waals surface area contributed by atoms with Gasteiger partial charge in [0.25, 0.3) is 0 Å². The summed E-state index contributed by atoms with van der Waals surface area (Å²) in [5.74, 6) is -0.988. The molecule has 0 aliphatic rings. The van der Waals surface area contributed by atoms with Crippen LogP contribution < -0.4 is 4.74 Å². The predicted octanol–water partition coefficient (Wildman–Crippen LogP) is 3.82. The van der Waals surface area contributed by atoms with Crippen LogP contribution in [-0.2, 0) is 0 Å². The van der Waals surface area contributed by atoms with Crippen LogP contribution in [0, 0.1) is 11.6 Å². The molecule has 5 heteroatoms. The lowest BCUT2D eigenvalue weighted by atomic mass is 10.0. The molecule has 0 aliphatic carbocycles. The molecule has 2 aromatic rings. The molecule has 0 aliphatic heterocycles. The molecule has 1 atom stereocenters. The highest BCUT2D eigenvalue weighted by Crippen LogP contribution is 2.31. The van der Waals surface area contributed by atoms with Gasteiger partial charge in [-0.2, -0.15) is 0 Å². The van der Waals surface area contributed by atoms with Crippen LogP contribution in [0.3, 0.4) is 0 Å². The first-order valence-electron chi connectivity index (χ1n) is 5.50. The largest absolute Gasteiger partial charge is 0.497 e. The van der Waals surface area contributed by atoms with Crippen molar-refractivity contribution in [2.24, 2.45) is 0 Å². The van der Waals surface area contributed by atoms with E-state index < -0.39 is 17.7 Å². The van der Waals surface area contributed by atoms with Gasteiger partial charge in [0, 0.05) is 0 Å². The summed E-state index contributed by atoms with van der Waals surface area (Å²) in [6.07, 6.45) is -1.37. The van der Waals surface area contributed by atoms with E-state index in [4.69, 9.17) is 4.74 Å². The van der Waals surface area contributed by atoms with Crippen molar-refractivity contribution in [2.45, 2.75) is 6.10 Å². The lowest BCUT2D eigenvalue weighted by Crippen LogP contribution is -2.06. The quantitative estimate of drug-likeness (QED) is 0.868. The zero-order chi connectivity index (χ0) is 14.0. The van der Waals surface area contributed by atoms with E-state index in [2.05, 4.69) is 15.9 Å². The van der Waals surface area contributed by atoms with E-state index >= 15 is 0 Å². The molecule has 0 heterocycles. The molecule has 19 heavy (non-hydrogen) atoms. The third-order valence-electron chi connectivity index (χ3n) is 2.78. The van der Waals surface area contributed by atoms with Gasteiger partial charge in [-0.15, -0.1) is 0 Å². The monoisotopic (exact) mass is 328 g/mol. The molecule has 0 bridgehead atoms. The Kier molecular flexibility index (Phi) is 4.17. The van der Waals surface area contributed by atoms with Crippen molar-refractivity contribution in [1.29, 1.82) is 0 Å². The molecule has 2 nitrogen and oxygen atoms in total. The number of methoxy groups -OCH3 is 1. The van der Waals surface area contributed by atoms with Crippen molar-refractivity contribution < 1.29 is 18.6 Å². The fraction of sp³-hybridized carbons (Fsp3) is 0.143. The maximum atomic E-state index is 13.9. The van der Waals surface area contributed by atoms with Gasteiger partial charge < -0.3 is 9.84 Å². The first kappa shape index (κ1) is 14.0. The van der Waals surface area contributed by atoms with Gasteiger partial charge in [0.05, 0.1) is 17.1 Å². The first-order chi connectivity index (χ1) is 9.04. The van der Waals surface area contributed by atoms with Crippen LogP contribution >= 0.6 is 15.9 Å². The number of aliphatic hydroxyl groups excluding tert-OH is 1. The highest BCUT2D eigenvalue weighted by Gasteiger charge is 2.21. The van der Waals surface area contributed by atoms with Crippen LogP contribution in [0.15, 0.2) is 40.9 Å². The van der Waals surface area contributed by atoms with Crippen LogP contribution in [-0.4, -0.2) is 12.2 Å². The van der Waals surface area contributed by atoms with Crippen LogP contribution in [0.4, 0.5) is 8.78 Å². The van der Waals surface area contributed by atoms with Crippen molar-refractivity contribution in [3.05, 3.63) is 63.6 Å². The number of aliphatic hydroxyl groups is 1. The summed E-state index contributed by atoms with van der Waals surface area (Å²) >= 11 is 2.97. The summed E-state index contributed by atoms with van der Waals surface area (Å²) in [5.41, 5.74) is 0.0104. The minimum Gasteiger partial charge on any atom is -0.497 e. The van der Waals surface area contributed by atoms with Gasteiger partial charge in [-0.3, -0.25) is 0 Å². The number of ether oxygens (including phenoxy) is 1. The van der Waals surface area contributed by atoms with E-state index in [0.29, 0.717) is 11.3 Å². The lowest BCUT2D eigenvalue weighted by Gasteiger charge is -2.14. The molecule has 2 rings (SSSR count).